The van der Waals surface area contributed by atoms with Gasteiger partial charge in [-0.1, -0.05) is 0 Å². The second-order valence-electron chi connectivity index (χ2n) is 6.45. The summed E-state index contributed by atoms with van der Waals surface area (Å²) in [6.07, 6.45) is 5.14. The predicted molar refractivity (Wildman–Crippen MR) is 97.4 cm³/mol. The number of hydrogen-bond donors (Lipinski definition) is 1. The number of nitrogens with one attached hydrogen (secondary N) is 1. The first kappa shape index (κ1) is 16.3. The number of nitrogens with zero attached hydrogens (tertiary/aromatic N) is 2. The van der Waals surface area contributed by atoms with Crippen molar-refractivity contribution in [3.8, 4) is 0 Å². The Kier molecular flexibility index (Phi) is 4.33. The number of aryl methyl sites for hydroxylation is 2. The molecule has 25 heavy (non-hydrogen) atoms. The van der Waals surface area contributed by atoms with Crippen LogP contribution in [0.15, 0.2) is 6.07 Å². The molecule has 4 rings (SSSR count). The number of hydrogen-bond acceptors (Lipinski definition) is 5. The zero-order valence-electron chi connectivity index (χ0n) is 14.3. The minimum Gasteiger partial charge on any atom is -0.462 e. The second kappa shape index (κ2) is 6.63. The van der Waals surface area contributed by atoms with Crippen molar-refractivity contribution in [1.82, 2.24) is 9.88 Å². The minimum absolute atomic E-state index is 0.150. The van der Waals surface area contributed by atoms with E-state index in [4.69, 9.17) is 9.72 Å². The van der Waals surface area contributed by atoms with Crippen LogP contribution in [0.1, 0.15) is 47.1 Å². The molecule has 0 aromatic carbocycles. The third kappa shape index (κ3) is 2.97. The van der Waals surface area contributed by atoms with Crippen molar-refractivity contribution in [3.05, 3.63) is 22.2 Å². The molecule has 2 aromatic rings. The molecule has 1 N–H and O–H groups in total. The molecule has 7 heteroatoms. The van der Waals surface area contributed by atoms with Crippen molar-refractivity contribution in [2.75, 3.05) is 25.0 Å². The normalized spacial score (nSPS) is 16.3. The first-order valence-corrected chi connectivity index (χ1v) is 9.67. The number of anilines is 1. The van der Waals surface area contributed by atoms with Crippen LogP contribution in [0.3, 0.4) is 0 Å². The molecule has 1 aliphatic heterocycles. The van der Waals surface area contributed by atoms with Crippen LogP contribution in [0, 0.1) is 0 Å². The number of pyridine rings is 1. The number of carbonyl (C=O) groups is 2. The predicted octanol–water partition coefficient (Wildman–Crippen LogP) is 3.59. The molecule has 2 aromatic heterocycles. The van der Waals surface area contributed by atoms with Gasteiger partial charge in [-0.05, 0) is 50.7 Å². The molecule has 0 radical (unpaired) electrons. The summed E-state index contributed by atoms with van der Waals surface area (Å²) in [6.45, 7) is 3.60. The fourth-order valence-corrected chi connectivity index (χ4v) is 4.58. The molecular formula is C18H21N3O3S. The zero-order chi connectivity index (χ0) is 17.4. The molecule has 0 saturated carbocycles. The number of likely N-dealkylation sites (tertiary alicyclic amines) is 1. The van der Waals surface area contributed by atoms with Crippen molar-refractivity contribution < 1.29 is 14.3 Å². The summed E-state index contributed by atoms with van der Waals surface area (Å²) in [4.78, 5) is 32.7. The van der Waals surface area contributed by atoms with Crippen LogP contribution in [0.4, 0.5) is 10.5 Å². The average molecular weight is 359 g/mol. The highest BCUT2D eigenvalue weighted by Gasteiger charge is 2.26. The Morgan fingerprint density at radius 2 is 2.08 bits per heavy atom. The lowest BCUT2D eigenvalue weighted by Crippen LogP contribution is -2.32. The summed E-state index contributed by atoms with van der Waals surface area (Å²) in [7, 11) is 0. The van der Waals surface area contributed by atoms with Crippen LogP contribution in [-0.4, -0.2) is 41.6 Å². The number of aromatic nitrogens is 1. The number of esters is 1. The van der Waals surface area contributed by atoms with E-state index in [1.807, 2.05) is 0 Å². The van der Waals surface area contributed by atoms with Gasteiger partial charge in [0.1, 0.15) is 9.71 Å². The van der Waals surface area contributed by atoms with Gasteiger partial charge >= 0.3 is 12.0 Å². The van der Waals surface area contributed by atoms with E-state index in [1.54, 1.807) is 11.8 Å². The summed E-state index contributed by atoms with van der Waals surface area (Å²) < 4.78 is 5.18. The molecule has 2 amide bonds. The summed E-state index contributed by atoms with van der Waals surface area (Å²) in [6, 6.07) is 1.94. The van der Waals surface area contributed by atoms with E-state index in [-0.39, 0.29) is 6.03 Å². The van der Waals surface area contributed by atoms with Crippen LogP contribution in [0.2, 0.25) is 0 Å². The quantitative estimate of drug-likeness (QED) is 0.850. The van der Waals surface area contributed by atoms with Gasteiger partial charge in [0.25, 0.3) is 0 Å². The van der Waals surface area contributed by atoms with Crippen molar-refractivity contribution in [1.29, 1.82) is 0 Å². The van der Waals surface area contributed by atoms with E-state index < -0.39 is 5.97 Å². The molecule has 2 aliphatic rings. The zero-order valence-corrected chi connectivity index (χ0v) is 15.1. The lowest BCUT2D eigenvalue weighted by Gasteiger charge is -2.16. The number of rotatable bonds is 3. The lowest BCUT2D eigenvalue weighted by molar-refractivity contribution is 0.0533. The van der Waals surface area contributed by atoms with Gasteiger partial charge < -0.3 is 15.0 Å². The number of ether oxygens (including phenoxy) is 1. The number of carbonyl (C=O) groups excluding carboxylic acids is 2. The van der Waals surface area contributed by atoms with Crippen molar-refractivity contribution in [2.45, 2.75) is 39.0 Å². The molecule has 0 bridgehead atoms. The van der Waals surface area contributed by atoms with Gasteiger partial charge in [0.05, 0.1) is 12.3 Å². The molecule has 132 valence electrons. The van der Waals surface area contributed by atoms with E-state index in [9.17, 15) is 9.59 Å². The maximum atomic E-state index is 12.6. The Labute approximate surface area is 150 Å². The second-order valence-corrected chi connectivity index (χ2v) is 7.45. The Bertz CT molecular complexity index is 840. The maximum absolute atomic E-state index is 12.6. The van der Waals surface area contributed by atoms with Crippen LogP contribution < -0.4 is 5.32 Å². The molecule has 0 unspecified atom stereocenters. The molecule has 0 spiro atoms. The highest BCUT2D eigenvalue weighted by molar-refractivity contribution is 7.21. The molecule has 1 fully saturated rings. The van der Waals surface area contributed by atoms with Gasteiger partial charge in [-0.2, -0.15) is 0 Å². The number of urea groups is 1. The van der Waals surface area contributed by atoms with E-state index >= 15 is 0 Å². The summed E-state index contributed by atoms with van der Waals surface area (Å²) in [5.41, 5.74) is 2.89. The first-order chi connectivity index (χ1) is 12.2. The van der Waals surface area contributed by atoms with Gasteiger partial charge in [-0.25, -0.2) is 14.6 Å². The van der Waals surface area contributed by atoms with E-state index in [2.05, 4.69) is 11.4 Å². The first-order valence-electron chi connectivity index (χ1n) is 8.85. The third-order valence-electron chi connectivity index (χ3n) is 4.80. The minimum atomic E-state index is -0.401. The van der Waals surface area contributed by atoms with E-state index in [0.29, 0.717) is 17.2 Å². The fourth-order valence-electron chi connectivity index (χ4n) is 3.55. The molecular weight excluding hydrogens is 338 g/mol. The smallest absolute Gasteiger partial charge is 0.350 e. The van der Waals surface area contributed by atoms with E-state index in [1.165, 1.54) is 16.9 Å². The van der Waals surface area contributed by atoms with Gasteiger partial charge in [0.2, 0.25) is 0 Å². The molecule has 1 saturated heterocycles. The van der Waals surface area contributed by atoms with Crippen LogP contribution in [0.25, 0.3) is 10.2 Å². The molecule has 0 atom stereocenters. The number of amides is 2. The van der Waals surface area contributed by atoms with Crippen LogP contribution in [0.5, 0.6) is 0 Å². The third-order valence-corrected chi connectivity index (χ3v) is 5.88. The van der Waals surface area contributed by atoms with Crippen LogP contribution >= 0.6 is 11.3 Å². The summed E-state index contributed by atoms with van der Waals surface area (Å²) in [5, 5.41) is 3.81. The Hall–Kier alpha value is -2.15. The van der Waals surface area contributed by atoms with Crippen molar-refractivity contribution in [3.63, 3.8) is 0 Å². The topological polar surface area (TPSA) is 71.5 Å². The summed E-state index contributed by atoms with van der Waals surface area (Å²) in [5.74, 6) is -0.401. The van der Waals surface area contributed by atoms with Gasteiger partial charge in [-0.3, -0.25) is 0 Å². The number of fused-ring (bicyclic) bond motifs is 2. The fraction of sp³-hybridized carbons (Fsp3) is 0.500. The average Bonchev–Trinajstić information content (AvgIpc) is 3.33. The monoisotopic (exact) mass is 359 g/mol. The summed E-state index contributed by atoms with van der Waals surface area (Å²) >= 11 is 1.30. The Balaban J connectivity index is 1.76. The number of thiophene rings is 1. The molecule has 6 nitrogen and oxygen atoms in total. The van der Waals surface area contributed by atoms with Gasteiger partial charge in [0, 0.05) is 24.2 Å². The Morgan fingerprint density at radius 3 is 2.84 bits per heavy atom. The van der Waals surface area contributed by atoms with Gasteiger partial charge in [0.15, 0.2) is 0 Å². The SMILES string of the molecule is CCOC(=O)c1sc2nc3c(cc2c1NC(=O)N1CCCC1)CCC3. The van der Waals surface area contributed by atoms with Gasteiger partial charge in [-0.15, -0.1) is 11.3 Å². The highest BCUT2D eigenvalue weighted by Crippen LogP contribution is 2.38. The van der Waals surface area contributed by atoms with Crippen molar-refractivity contribution in [2.24, 2.45) is 0 Å². The lowest BCUT2D eigenvalue weighted by atomic mass is 10.1. The standard InChI is InChI=1S/C18H21N3O3S/c1-2-24-17(22)15-14(20-18(23)21-8-3-4-9-21)12-10-11-6-5-7-13(11)19-16(12)25-15/h10H,2-9H2,1H3,(H,20,23). The maximum Gasteiger partial charge on any atom is 0.350 e. The highest BCUT2D eigenvalue weighted by atomic mass is 32.1. The van der Waals surface area contributed by atoms with E-state index in [0.717, 1.165) is 61.1 Å². The largest absolute Gasteiger partial charge is 0.462 e. The Morgan fingerprint density at radius 1 is 1.28 bits per heavy atom. The van der Waals surface area contributed by atoms with Crippen LogP contribution in [-0.2, 0) is 17.6 Å². The molecule has 3 heterocycles. The van der Waals surface area contributed by atoms with Crippen molar-refractivity contribution >= 4 is 39.2 Å². The molecule has 1 aliphatic carbocycles.